The standard InChI is InChI=1S/C24H27NO3/c1-18(16-25-14-8-3-9-15-25)17-27-23-20-12-6-7-13-21(20)28-24(26)22(23)19-10-4-2-5-11-19/h2,4-7,10-13,18H,3,8-9,14-17H2,1H3. The molecule has 1 aliphatic heterocycles. The summed E-state index contributed by atoms with van der Waals surface area (Å²) in [6.45, 7) is 6.17. The van der Waals surface area contributed by atoms with Crippen molar-refractivity contribution in [1.29, 1.82) is 0 Å². The van der Waals surface area contributed by atoms with Gasteiger partial charge in [0.2, 0.25) is 0 Å². The average Bonchev–Trinajstić information content (AvgIpc) is 2.73. The monoisotopic (exact) mass is 377 g/mol. The Balaban J connectivity index is 1.63. The number of ether oxygens (including phenoxy) is 1. The first-order valence-corrected chi connectivity index (χ1v) is 10.2. The predicted octanol–water partition coefficient (Wildman–Crippen LogP) is 4.96. The highest BCUT2D eigenvalue weighted by molar-refractivity contribution is 5.90. The van der Waals surface area contributed by atoms with Gasteiger partial charge in [0.1, 0.15) is 16.9 Å². The third-order valence-electron chi connectivity index (χ3n) is 5.36. The Labute approximate surface area is 165 Å². The van der Waals surface area contributed by atoms with Crippen LogP contribution in [0.3, 0.4) is 0 Å². The van der Waals surface area contributed by atoms with Crippen LogP contribution in [0.1, 0.15) is 26.2 Å². The number of piperidine rings is 1. The van der Waals surface area contributed by atoms with Crippen molar-refractivity contribution in [2.45, 2.75) is 26.2 Å². The summed E-state index contributed by atoms with van der Waals surface area (Å²) in [5.41, 5.74) is 1.53. The Morgan fingerprint density at radius 3 is 2.50 bits per heavy atom. The van der Waals surface area contributed by atoms with Gasteiger partial charge in [-0.25, -0.2) is 4.79 Å². The summed E-state index contributed by atoms with van der Waals surface area (Å²) in [7, 11) is 0. The van der Waals surface area contributed by atoms with Gasteiger partial charge < -0.3 is 14.1 Å². The third-order valence-corrected chi connectivity index (χ3v) is 5.36. The summed E-state index contributed by atoms with van der Waals surface area (Å²) in [6.07, 6.45) is 3.92. The Morgan fingerprint density at radius 1 is 1.00 bits per heavy atom. The number of benzene rings is 2. The molecule has 4 heteroatoms. The molecule has 2 heterocycles. The molecule has 4 nitrogen and oxygen atoms in total. The van der Waals surface area contributed by atoms with Gasteiger partial charge in [0.15, 0.2) is 0 Å². The average molecular weight is 377 g/mol. The first-order chi connectivity index (χ1) is 13.7. The fraction of sp³-hybridized carbons (Fsp3) is 0.375. The smallest absolute Gasteiger partial charge is 0.347 e. The Morgan fingerprint density at radius 2 is 1.71 bits per heavy atom. The zero-order chi connectivity index (χ0) is 19.3. The third kappa shape index (κ3) is 4.12. The van der Waals surface area contributed by atoms with Crippen LogP contribution in [0.15, 0.2) is 63.8 Å². The number of likely N-dealkylation sites (tertiary alicyclic amines) is 1. The normalized spacial score (nSPS) is 16.2. The van der Waals surface area contributed by atoms with Gasteiger partial charge in [-0.05, 0) is 43.6 Å². The topological polar surface area (TPSA) is 42.7 Å². The summed E-state index contributed by atoms with van der Waals surface area (Å²) in [5.74, 6) is 1.01. The highest BCUT2D eigenvalue weighted by Gasteiger charge is 2.19. The molecule has 1 aliphatic rings. The van der Waals surface area contributed by atoms with E-state index in [0.29, 0.717) is 29.4 Å². The fourth-order valence-electron chi connectivity index (χ4n) is 3.99. The van der Waals surface area contributed by atoms with E-state index in [1.165, 1.54) is 32.4 Å². The maximum absolute atomic E-state index is 12.8. The van der Waals surface area contributed by atoms with E-state index in [9.17, 15) is 4.79 Å². The van der Waals surface area contributed by atoms with Crippen molar-refractivity contribution in [1.82, 2.24) is 4.90 Å². The van der Waals surface area contributed by atoms with Crippen LogP contribution in [0.5, 0.6) is 5.75 Å². The maximum atomic E-state index is 12.8. The van der Waals surface area contributed by atoms with Crippen molar-refractivity contribution in [3.63, 3.8) is 0 Å². The van der Waals surface area contributed by atoms with Crippen molar-refractivity contribution in [3.05, 3.63) is 65.0 Å². The first-order valence-electron chi connectivity index (χ1n) is 10.2. The number of nitrogens with zero attached hydrogens (tertiary/aromatic N) is 1. The lowest BCUT2D eigenvalue weighted by molar-refractivity contribution is 0.165. The molecule has 0 amide bonds. The van der Waals surface area contributed by atoms with Crippen molar-refractivity contribution in [2.24, 2.45) is 5.92 Å². The van der Waals surface area contributed by atoms with Crippen molar-refractivity contribution in [2.75, 3.05) is 26.2 Å². The Hall–Kier alpha value is -2.59. The highest BCUT2D eigenvalue weighted by Crippen LogP contribution is 2.34. The van der Waals surface area contributed by atoms with Crippen LogP contribution in [-0.2, 0) is 0 Å². The van der Waals surface area contributed by atoms with Crippen molar-refractivity contribution < 1.29 is 9.15 Å². The molecule has 1 aromatic heterocycles. The quantitative estimate of drug-likeness (QED) is 0.570. The summed E-state index contributed by atoms with van der Waals surface area (Å²) >= 11 is 0. The van der Waals surface area contributed by atoms with E-state index < -0.39 is 0 Å². The highest BCUT2D eigenvalue weighted by atomic mass is 16.5. The zero-order valence-corrected chi connectivity index (χ0v) is 16.4. The molecule has 146 valence electrons. The van der Waals surface area contributed by atoms with E-state index in [1.807, 2.05) is 54.6 Å². The van der Waals surface area contributed by atoms with E-state index in [2.05, 4.69) is 11.8 Å². The second-order valence-electron chi connectivity index (χ2n) is 7.73. The van der Waals surface area contributed by atoms with Gasteiger partial charge in [-0.1, -0.05) is 55.8 Å². The second kappa shape index (κ2) is 8.61. The van der Waals surface area contributed by atoms with Gasteiger partial charge in [0.25, 0.3) is 0 Å². The largest absolute Gasteiger partial charge is 0.492 e. The first kappa shape index (κ1) is 18.8. The number of para-hydroxylation sites is 1. The summed E-state index contributed by atoms with van der Waals surface area (Å²) in [5, 5.41) is 0.839. The van der Waals surface area contributed by atoms with Crippen LogP contribution in [0.2, 0.25) is 0 Å². The van der Waals surface area contributed by atoms with E-state index in [4.69, 9.17) is 9.15 Å². The van der Waals surface area contributed by atoms with E-state index in [0.717, 1.165) is 17.5 Å². The van der Waals surface area contributed by atoms with Crippen LogP contribution < -0.4 is 10.4 Å². The van der Waals surface area contributed by atoms with Crippen molar-refractivity contribution in [3.8, 4) is 16.9 Å². The van der Waals surface area contributed by atoms with Crippen molar-refractivity contribution >= 4 is 11.0 Å². The van der Waals surface area contributed by atoms with Crippen LogP contribution in [0, 0.1) is 5.92 Å². The minimum absolute atomic E-state index is 0.358. The molecule has 0 N–H and O–H groups in total. The molecule has 4 rings (SSSR count). The van der Waals surface area contributed by atoms with Crippen LogP contribution >= 0.6 is 0 Å². The summed E-state index contributed by atoms with van der Waals surface area (Å²) in [6, 6.07) is 17.2. The molecule has 1 fully saturated rings. The number of hydrogen-bond donors (Lipinski definition) is 0. The maximum Gasteiger partial charge on any atom is 0.347 e. The fourth-order valence-corrected chi connectivity index (χ4v) is 3.99. The SMILES string of the molecule is CC(COc1c(-c2ccccc2)c(=O)oc2ccccc12)CN1CCCCC1. The number of fused-ring (bicyclic) bond motifs is 1. The number of hydrogen-bond acceptors (Lipinski definition) is 4. The van der Waals surface area contributed by atoms with Crippen LogP contribution in [-0.4, -0.2) is 31.1 Å². The Kier molecular flexibility index (Phi) is 5.77. The minimum atomic E-state index is -0.358. The van der Waals surface area contributed by atoms with Crippen LogP contribution in [0.25, 0.3) is 22.1 Å². The molecule has 0 spiro atoms. The van der Waals surface area contributed by atoms with Gasteiger partial charge in [0.05, 0.1) is 12.0 Å². The molecular formula is C24H27NO3. The lowest BCUT2D eigenvalue weighted by Gasteiger charge is -2.29. The molecule has 0 aliphatic carbocycles. The van der Waals surface area contributed by atoms with Gasteiger partial charge in [-0.2, -0.15) is 0 Å². The van der Waals surface area contributed by atoms with Gasteiger partial charge >= 0.3 is 5.63 Å². The molecule has 2 aromatic carbocycles. The molecule has 3 aromatic rings. The number of rotatable bonds is 6. The van der Waals surface area contributed by atoms with Gasteiger partial charge in [-0.15, -0.1) is 0 Å². The molecule has 0 saturated carbocycles. The van der Waals surface area contributed by atoms with Gasteiger partial charge in [-0.3, -0.25) is 0 Å². The zero-order valence-electron chi connectivity index (χ0n) is 16.4. The molecular weight excluding hydrogens is 350 g/mol. The van der Waals surface area contributed by atoms with E-state index in [1.54, 1.807) is 0 Å². The van der Waals surface area contributed by atoms with Gasteiger partial charge in [0, 0.05) is 12.5 Å². The van der Waals surface area contributed by atoms with Crippen LogP contribution in [0.4, 0.5) is 0 Å². The second-order valence-corrected chi connectivity index (χ2v) is 7.73. The van der Waals surface area contributed by atoms with E-state index >= 15 is 0 Å². The molecule has 1 unspecified atom stereocenters. The Bertz CT molecular complexity index is 974. The molecule has 0 bridgehead atoms. The summed E-state index contributed by atoms with van der Waals surface area (Å²) in [4.78, 5) is 15.3. The lowest BCUT2D eigenvalue weighted by Crippen LogP contribution is -2.35. The minimum Gasteiger partial charge on any atom is -0.492 e. The molecule has 0 radical (unpaired) electrons. The summed E-state index contributed by atoms with van der Waals surface area (Å²) < 4.78 is 11.9. The molecule has 1 atom stereocenters. The molecule has 1 saturated heterocycles. The lowest BCUT2D eigenvalue weighted by atomic mass is 10.0. The molecule has 28 heavy (non-hydrogen) atoms. The van der Waals surface area contributed by atoms with E-state index in [-0.39, 0.29) is 5.63 Å². The predicted molar refractivity (Wildman–Crippen MR) is 113 cm³/mol.